The van der Waals surface area contributed by atoms with Gasteiger partial charge in [0.05, 0.1) is 10.7 Å². The minimum Gasteiger partial charge on any atom is -0.504 e. The first-order valence-corrected chi connectivity index (χ1v) is 12.1. The fourth-order valence-corrected chi connectivity index (χ4v) is 4.67. The molecule has 4 N–H and O–H groups in total. The largest absolute Gasteiger partial charge is 0.504 e. The van der Waals surface area contributed by atoms with Crippen LogP contribution in [0.5, 0.6) is 5.75 Å². The van der Waals surface area contributed by atoms with Crippen LogP contribution in [0.4, 0.5) is 17.1 Å². The van der Waals surface area contributed by atoms with Gasteiger partial charge in [-0.3, -0.25) is 14.4 Å². The minimum absolute atomic E-state index is 0.109. The average Bonchev–Trinajstić information content (AvgIpc) is 3.51. The number of hydrogen-bond acceptors (Lipinski definition) is 8. The van der Waals surface area contributed by atoms with Gasteiger partial charge in [0, 0.05) is 20.1 Å². The number of sulfonamides is 1. The van der Waals surface area contributed by atoms with E-state index in [1.54, 1.807) is 0 Å². The number of halogens is 1. The van der Waals surface area contributed by atoms with E-state index in [9.17, 15) is 27.9 Å². The first kappa shape index (κ1) is 25.0. The Labute approximate surface area is 196 Å². The molecule has 0 spiro atoms. The Balaban J connectivity index is 1.96. The van der Waals surface area contributed by atoms with Gasteiger partial charge in [0.15, 0.2) is 5.75 Å². The van der Waals surface area contributed by atoms with Crippen LogP contribution >= 0.6 is 11.6 Å². The van der Waals surface area contributed by atoms with Gasteiger partial charge in [0.1, 0.15) is 22.3 Å². The van der Waals surface area contributed by atoms with Crippen molar-refractivity contribution in [3.8, 4) is 5.75 Å². The number of carbonyl (C=O) groups excluding carboxylic acids is 1. The molecule has 1 aliphatic carbocycles. The number of phenolic OH excluding ortho intramolecular Hbond substituents is 1. The molecular formula is C21H27ClN4O6S. The van der Waals surface area contributed by atoms with Crippen molar-refractivity contribution in [1.29, 1.82) is 0 Å². The predicted octanol–water partition coefficient (Wildman–Crippen LogP) is 1.74. The molecule has 0 radical (unpaired) electrons. The second-order valence-electron chi connectivity index (χ2n) is 9.32. The number of hydrogen-bond donors (Lipinski definition) is 4. The fraction of sp³-hybridized carbons (Fsp3) is 0.476. The van der Waals surface area contributed by atoms with Crippen molar-refractivity contribution >= 4 is 44.6 Å². The summed E-state index contributed by atoms with van der Waals surface area (Å²) in [6.45, 7) is 5.46. The quantitative estimate of drug-likeness (QED) is 0.318. The van der Waals surface area contributed by atoms with Crippen molar-refractivity contribution in [2.75, 3.05) is 24.7 Å². The average molecular weight is 499 g/mol. The van der Waals surface area contributed by atoms with E-state index < -0.39 is 43.0 Å². The van der Waals surface area contributed by atoms with E-state index in [0.29, 0.717) is 0 Å². The molecule has 180 valence electrons. The maximum Gasteiger partial charge on any atom is 0.253 e. The summed E-state index contributed by atoms with van der Waals surface area (Å²) in [5.74, 6) is -0.994. The lowest BCUT2D eigenvalue weighted by Crippen LogP contribution is -2.51. The van der Waals surface area contributed by atoms with Crippen LogP contribution in [0.15, 0.2) is 26.6 Å². The fourth-order valence-electron chi connectivity index (χ4n) is 3.19. The number of amides is 1. The molecule has 12 heteroatoms. The molecule has 2 aromatic carbocycles. The smallest absolute Gasteiger partial charge is 0.253 e. The van der Waals surface area contributed by atoms with Crippen LogP contribution in [0.3, 0.4) is 0 Å². The molecule has 1 fully saturated rings. The van der Waals surface area contributed by atoms with E-state index in [-0.39, 0.29) is 34.0 Å². The molecule has 0 aliphatic heterocycles. The van der Waals surface area contributed by atoms with E-state index in [1.165, 1.54) is 26.2 Å². The SMILES string of the molecule is CN(C)S(=O)(=O)c1c(Cl)ccc(Nc2c(N[C@@H](C(=O)NC3CC3)C(C)(C)C)c(=O)c2=O)c1O. The summed E-state index contributed by atoms with van der Waals surface area (Å²) in [5, 5.41) is 18.8. The molecule has 2 aromatic rings. The molecule has 0 saturated heterocycles. The highest BCUT2D eigenvalue weighted by molar-refractivity contribution is 7.89. The van der Waals surface area contributed by atoms with Gasteiger partial charge in [0.25, 0.3) is 10.9 Å². The summed E-state index contributed by atoms with van der Waals surface area (Å²) in [6, 6.07) is 1.83. The van der Waals surface area contributed by atoms with Crippen LogP contribution in [-0.2, 0) is 14.8 Å². The van der Waals surface area contributed by atoms with E-state index >= 15 is 0 Å². The van der Waals surface area contributed by atoms with Crippen molar-refractivity contribution in [3.05, 3.63) is 37.6 Å². The van der Waals surface area contributed by atoms with Crippen molar-refractivity contribution in [3.63, 3.8) is 0 Å². The topological polar surface area (TPSA) is 145 Å². The van der Waals surface area contributed by atoms with Gasteiger partial charge in [-0.2, -0.15) is 0 Å². The van der Waals surface area contributed by atoms with E-state index in [1.807, 2.05) is 20.8 Å². The predicted molar refractivity (Wildman–Crippen MR) is 127 cm³/mol. The Hall–Kier alpha value is -2.63. The number of phenols is 1. The molecule has 0 heterocycles. The van der Waals surface area contributed by atoms with Crippen LogP contribution in [0.1, 0.15) is 33.6 Å². The van der Waals surface area contributed by atoms with Gasteiger partial charge >= 0.3 is 0 Å². The first-order chi connectivity index (χ1) is 15.2. The van der Waals surface area contributed by atoms with Crippen molar-refractivity contribution in [2.24, 2.45) is 5.41 Å². The van der Waals surface area contributed by atoms with Gasteiger partial charge in [-0.1, -0.05) is 32.4 Å². The second-order valence-corrected chi connectivity index (χ2v) is 11.8. The van der Waals surface area contributed by atoms with Gasteiger partial charge in [-0.25, -0.2) is 12.7 Å². The molecular weight excluding hydrogens is 472 g/mol. The standard InChI is InChI=1S/C21H27ClN4O6S/c1-21(2,3)19(20(30)23-10-6-7-10)25-14-13(16(28)17(14)29)24-12-9-8-11(22)18(15(12)27)33(31,32)26(4)5/h8-10,19,24-25,27H,6-7H2,1-5H3,(H,23,30)/t19-/m0/s1. The zero-order valence-electron chi connectivity index (χ0n) is 18.9. The summed E-state index contributed by atoms with van der Waals surface area (Å²) in [4.78, 5) is 36.8. The normalized spacial score (nSPS) is 15.5. The van der Waals surface area contributed by atoms with Gasteiger partial charge in [-0.05, 0) is 30.4 Å². The molecule has 0 unspecified atom stereocenters. The zero-order valence-corrected chi connectivity index (χ0v) is 20.5. The number of anilines is 3. The van der Waals surface area contributed by atoms with Crippen LogP contribution in [-0.4, -0.2) is 49.9 Å². The lowest BCUT2D eigenvalue weighted by Gasteiger charge is -2.32. The van der Waals surface area contributed by atoms with Gasteiger partial charge < -0.3 is 21.1 Å². The Morgan fingerprint density at radius 3 is 2.24 bits per heavy atom. The van der Waals surface area contributed by atoms with Crippen molar-refractivity contribution < 1.29 is 18.3 Å². The van der Waals surface area contributed by atoms with E-state index in [0.717, 1.165) is 17.1 Å². The lowest BCUT2D eigenvalue weighted by molar-refractivity contribution is -0.123. The Bertz CT molecular complexity index is 1270. The summed E-state index contributed by atoms with van der Waals surface area (Å²) in [7, 11) is -1.54. The Morgan fingerprint density at radius 1 is 1.15 bits per heavy atom. The van der Waals surface area contributed by atoms with E-state index in [2.05, 4.69) is 16.0 Å². The van der Waals surface area contributed by atoms with Crippen molar-refractivity contribution in [1.82, 2.24) is 9.62 Å². The van der Waals surface area contributed by atoms with Crippen LogP contribution in [0, 0.1) is 5.41 Å². The summed E-state index contributed by atoms with van der Waals surface area (Å²) < 4.78 is 26.0. The third-order valence-electron chi connectivity index (χ3n) is 5.33. The molecule has 1 saturated carbocycles. The maximum atomic E-state index is 12.7. The molecule has 3 rings (SSSR count). The number of benzene rings is 1. The minimum atomic E-state index is -4.10. The molecule has 1 amide bonds. The molecule has 0 aromatic heterocycles. The van der Waals surface area contributed by atoms with Crippen molar-refractivity contribution in [2.45, 2.75) is 50.6 Å². The molecule has 1 atom stereocenters. The van der Waals surface area contributed by atoms with Gasteiger partial charge in [-0.15, -0.1) is 0 Å². The summed E-state index contributed by atoms with van der Waals surface area (Å²) in [6.07, 6.45) is 1.78. The third-order valence-corrected chi connectivity index (χ3v) is 7.65. The zero-order chi connectivity index (χ0) is 24.9. The Morgan fingerprint density at radius 2 is 1.73 bits per heavy atom. The molecule has 10 nitrogen and oxygen atoms in total. The summed E-state index contributed by atoms with van der Waals surface area (Å²) in [5.41, 5.74) is -2.70. The third kappa shape index (κ3) is 4.85. The number of carbonyl (C=O) groups is 1. The van der Waals surface area contributed by atoms with Crippen LogP contribution in [0.25, 0.3) is 0 Å². The monoisotopic (exact) mass is 498 g/mol. The first-order valence-electron chi connectivity index (χ1n) is 10.3. The molecule has 33 heavy (non-hydrogen) atoms. The number of rotatable bonds is 8. The maximum absolute atomic E-state index is 12.7. The summed E-state index contributed by atoms with van der Waals surface area (Å²) >= 11 is 6.01. The Kier molecular flexibility index (Phi) is 6.53. The molecule has 0 bridgehead atoms. The van der Waals surface area contributed by atoms with E-state index in [4.69, 9.17) is 11.6 Å². The number of nitrogens with zero attached hydrogens (tertiary/aromatic N) is 1. The second kappa shape index (κ2) is 8.62. The van der Waals surface area contributed by atoms with Crippen LogP contribution < -0.4 is 26.8 Å². The highest BCUT2D eigenvalue weighted by Crippen LogP contribution is 2.39. The number of nitrogens with one attached hydrogen (secondary N) is 3. The highest BCUT2D eigenvalue weighted by atomic mass is 35.5. The van der Waals surface area contributed by atoms with Gasteiger partial charge in [0.2, 0.25) is 15.9 Å². The van der Waals surface area contributed by atoms with Crippen LogP contribution in [0.2, 0.25) is 5.02 Å². The highest BCUT2D eigenvalue weighted by Gasteiger charge is 2.37. The lowest BCUT2D eigenvalue weighted by atomic mass is 9.85. The number of aromatic hydroxyl groups is 1. The molecule has 1 aliphatic rings.